The summed E-state index contributed by atoms with van der Waals surface area (Å²) in [6, 6.07) is 0. The Labute approximate surface area is 129 Å². The topological polar surface area (TPSA) is 52.6 Å². The van der Waals surface area contributed by atoms with Crippen LogP contribution < -0.4 is 0 Å². The van der Waals surface area contributed by atoms with Crippen molar-refractivity contribution < 1.29 is 19.1 Å². The lowest BCUT2D eigenvalue weighted by Gasteiger charge is -2.15. The lowest BCUT2D eigenvalue weighted by atomic mass is 10.0. The second-order valence-corrected chi connectivity index (χ2v) is 5.44. The van der Waals surface area contributed by atoms with Crippen molar-refractivity contribution in [3.05, 3.63) is 0 Å². The highest BCUT2D eigenvalue weighted by atomic mass is 16.6. The lowest BCUT2D eigenvalue weighted by Crippen LogP contribution is -2.28. The third-order valence-electron chi connectivity index (χ3n) is 3.40. The van der Waals surface area contributed by atoms with E-state index in [1.54, 1.807) is 0 Å². The zero-order chi connectivity index (χ0) is 15.9. The molecule has 0 rings (SSSR count). The van der Waals surface area contributed by atoms with Crippen molar-refractivity contribution in [2.45, 2.75) is 78.6 Å². The van der Waals surface area contributed by atoms with Crippen LogP contribution in [0.2, 0.25) is 0 Å². The molecule has 4 heteroatoms. The Morgan fingerprint density at radius 1 is 0.714 bits per heavy atom. The molecule has 0 fully saturated rings. The van der Waals surface area contributed by atoms with Gasteiger partial charge >= 0.3 is 11.9 Å². The largest absolute Gasteiger partial charge is 0.465 e. The van der Waals surface area contributed by atoms with E-state index in [1.165, 1.54) is 0 Å². The van der Waals surface area contributed by atoms with E-state index in [9.17, 15) is 9.59 Å². The average molecular weight is 300 g/mol. The van der Waals surface area contributed by atoms with Crippen LogP contribution in [0.1, 0.15) is 78.6 Å². The summed E-state index contributed by atoms with van der Waals surface area (Å²) in [5.74, 6) is -1.57. The predicted octanol–water partition coefficient (Wildman–Crippen LogP) is 4.26. The first-order valence-electron chi connectivity index (χ1n) is 8.50. The van der Waals surface area contributed by atoms with Crippen LogP contribution >= 0.6 is 0 Å². The first kappa shape index (κ1) is 19.9. The van der Waals surface area contributed by atoms with Crippen molar-refractivity contribution in [1.82, 2.24) is 0 Å². The van der Waals surface area contributed by atoms with E-state index in [-0.39, 0.29) is 0 Å². The van der Waals surface area contributed by atoms with Crippen LogP contribution in [0.15, 0.2) is 0 Å². The van der Waals surface area contributed by atoms with Gasteiger partial charge in [-0.15, -0.1) is 0 Å². The second-order valence-electron chi connectivity index (χ2n) is 5.44. The number of rotatable bonds is 13. The molecule has 0 heterocycles. The Balaban J connectivity index is 4.27. The first-order valence-corrected chi connectivity index (χ1v) is 8.50. The standard InChI is InChI=1S/C17H32O4/c1-4-7-10-12-15(16(18)20-13-9-6-3)17(19)21-14-11-8-5-2/h15H,4-14H2,1-3H3. The monoisotopic (exact) mass is 300 g/mol. The Hall–Kier alpha value is -1.06. The van der Waals surface area contributed by atoms with Gasteiger partial charge in [-0.3, -0.25) is 9.59 Å². The molecule has 0 saturated carbocycles. The molecule has 0 saturated heterocycles. The molecule has 1 unspecified atom stereocenters. The number of hydrogen-bond donors (Lipinski definition) is 0. The smallest absolute Gasteiger partial charge is 0.320 e. The molecule has 0 N–H and O–H groups in total. The molecule has 0 aromatic carbocycles. The predicted molar refractivity (Wildman–Crippen MR) is 84.0 cm³/mol. The van der Waals surface area contributed by atoms with Gasteiger partial charge in [0.2, 0.25) is 0 Å². The normalized spacial score (nSPS) is 12.0. The number of hydrogen-bond acceptors (Lipinski definition) is 4. The quantitative estimate of drug-likeness (QED) is 0.290. The fourth-order valence-electron chi connectivity index (χ4n) is 1.97. The SMILES string of the molecule is CCCCCOC(=O)C(CCCCC)C(=O)OCCCC. The molecule has 21 heavy (non-hydrogen) atoms. The molecule has 0 aliphatic carbocycles. The fraction of sp³-hybridized carbons (Fsp3) is 0.882. The summed E-state index contributed by atoms with van der Waals surface area (Å²) in [6.07, 6.45) is 8.23. The van der Waals surface area contributed by atoms with Gasteiger partial charge in [0, 0.05) is 0 Å². The van der Waals surface area contributed by atoms with Crippen LogP contribution in [0.5, 0.6) is 0 Å². The summed E-state index contributed by atoms with van der Waals surface area (Å²) in [5, 5.41) is 0. The summed E-state index contributed by atoms with van der Waals surface area (Å²) in [4.78, 5) is 24.1. The fourth-order valence-corrected chi connectivity index (χ4v) is 1.97. The molecule has 124 valence electrons. The van der Waals surface area contributed by atoms with E-state index in [0.29, 0.717) is 19.6 Å². The highest BCUT2D eigenvalue weighted by Gasteiger charge is 2.29. The van der Waals surface area contributed by atoms with Crippen molar-refractivity contribution in [3.63, 3.8) is 0 Å². The van der Waals surface area contributed by atoms with E-state index in [0.717, 1.165) is 51.4 Å². The zero-order valence-corrected chi connectivity index (χ0v) is 14.0. The van der Waals surface area contributed by atoms with E-state index < -0.39 is 17.9 Å². The number of carbonyl (C=O) groups is 2. The van der Waals surface area contributed by atoms with Gasteiger partial charge in [0.05, 0.1) is 13.2 Å². The number of carbonyl (C=O) groups excluding carboxylic acids is 2. The van der Waals surface area contributed by atoms with Gasteiger partial charge in [-0.1, -0.05) is 59.3 Å². The van der Waals surface area contributed by atoms with Gasteiger partial charge in [0.15, 0.2) is 5.92 Å². The Bertz CT molecular complexity index is 276. The minimum Gasteiger partial charge on any atom is -0.465 e. The third kappa shape index (κ3) is 10.3. The van der Waals surface area contributed by atoms with Gasteiger partial charge in [-0.25, -0.2) is 0 Å². The third-order valence-corrected chi connectivity index (χ3v) is 3.40. The molecule has 0 aliphatic heterocycles. The minimum absolute atomic E-state index is 0.392. The number of unbranched alkanes of at least 4 members (excludes halogenated alkanes) is 5. The van der Waals surface area contributed by atoms with Crippen LogP contribution in [0.25, 0.3) is 0 Å². The van der Waals surface area contributed by atoms with E-state index in [4.69, 9.17) is 9.47 Å². The second kappa shape index (κ2) is 13.9. The first-order chi connectivity index (χ1) is 10.2. The van der Waals surface area contributed by atoms with Crippen LogP contribution in [0.4, 0.5) is 0 Å². The van der Waals surface area contributed by atoms with E-state index in [2.05, 4.69) is 13.8 Å². The molecule has 1 atom stereocenters. The number of esters is 2. The highest BCUT2D eigenvalue weighted by molar-refractivity contribution is 5.94. The van der Waals surface area contributed by atoms with Crippen molar-refractivity contribution in [1.29, 1.82) is 0 Å². The van der Waals surface area contributed by atoms with Gasteiger partial charge in [-0.05, 0) is 19.3 Å². The van der Waals surface area contributed by atoms with E-state index in [1.807, 2.05) is 6.92 Å². The highest BCUT2D eigenvalue weighted by Crippen LogP contribution is 2.15. The maximum atomic E-state index is 12.1. The van der Waals surface area contributed by atoms with Crippen molar-refractivity contribution in [2.24, 2.45) is 5.92 Å². The summed E-state index contributed by atoms with van der Waals surface area (Å²) < 4.78 is 10.4. The molecular formula is C17H32O4. The van der Waals surface area contributed by atoms with Gasteiger partial charge < -0.3 is 9.47 Å². The average Bonchev–Trinajstić information content (AvgIpc) is 2.48. The zero-order valence-electron chi connectivity index (χ0n) is 14.0. The lowest BCUT2D eigenvalue weighted by molar-refractivity contribution is -0.162. The molecule has 0 bridgehead atoms. The van der Waals surface area contributed by atoms with Crippen LogP contribution in [0, 0.1) is 5.92 Å². The molecule has 0 aromatic heterocycles. The molecule has 0 aliphatic rings. The van der Waals surface area contributed by atoms with E-state index >= 15 is 0 Å². The Kier molecular flexibility index (Phi) is 13.2. The van der Waals surface area contributed by atoms with Crippen LogP contribution in [-0.4, -0.2) is 25.2 Å². The van der Waals surface area contributed by atoms with Crippen molar-refractivity contribution in [3.8, 4) is 0 Å². The summed E-state index contributed by atoms with van der Waals surface area (Å²) in [7, 11) is 0. The van der Waals surface area contributed by atoms with Crippen LogP contribution in [-0.2, 0) is 19.1 Å². The van der Waals surface area contributed by atoms with Crippen LogP contribution in [0.3, 0.4) is 0 Å². The minimum atomic E-state index is -0.741. The maximum absolute atomic E-state index is 12.1. The maximum Gasteiger partial charge on any atom is 0.320 e. The molecule has 4 nitrogen and oxygen atoms in total. The number of ether oxygens (including phenoxy) is 2. The Morgan fingerprint density at radius 2 is 1.19 bits per heavy atom. The van der Waals surface area contributed by atoms with Gasteiger partial charge in [0.25, 0.3) is 0 Å². The Morgan fingerprint density at radius 3 is 1.71 bits per heavy atom. The van der Waals surface area contributed by atoms with Gasteiger partial charge in [-0.2, -0.15) is 0 Å². The molecule has 0 amide bonds. The molecule has 0 spiro atoms. The summed E-state index contributed by atoms with van der Waals surface area (Å²) in [5.41, 5.74) is 0. The summed E-state index contributed by atoms with van der Waals surface area (Å²) in [6.45, 7) is 7.02. The van der Waals surface area contributed by atoms with Crippen molar-refractivity contribution >= 4 is 11.9 Å². The van der Waals surface area contributed by atoms with Crippen molar-refractivity contribution in [2.75, 3.05) is 13.2 Å². The molecule has 0 aromatic rings. The van der Waals surface area contributed by atoms with Gasteiger partial charge in [0.1, 0.15) is 0 Å². The summed E-state index contributed by atoms with van der Waals surface area (Å²) >= 11 is 0. The molecule has 0 radical (unpaired) electrons. The molecular weight excluding hydrogens is 268 g/mol.